The van der Waals surface area contributed by atoms with E-state index in [4.69, 9.17) is 4.74 Å². The predicted molar refractivity (Wildman–Crippen MR) is 77.6 cm³/mol. The molecule has 1 aromatic heterocycles. The lowest BCUT2D eigenvalue weighted by Crippen LogP contribution is -2.28. The van der Waals surface area contributed by atoms with Crippen molar-refractivity contribution in [3.05, 3.63) is 57.8 Å². The number of carbonyl (C=O) groups excluding carboxylic acids is 2. The number of nitrogens with one attached hydrogen (secondary N) is 1. The second-order valence-corrected chi connectivity index (χ2v) is 5.07. The average molecular weight is 289 g/mol. The van der Waals surface area contributed by atoms with E-state index in [9.17, 15) is 9.59 Å². The van der Waals surface area contributed by atoms with Crippen LogP contribution in [0.15, 0.2) is 41.1 Å². The third-order valence-corrected chi connectivity index (χ3v) is 3.51. The van der Waals surface area contributed by atoms with Gasteiger partial charge in [0.15, 0.2) is 6.61 Å². The molecule has 20 heavy (non-hydrogen) atoms. The molecular formula is C15H15NO3S. The highest BCUT2D eigenvalue weighted by Crippen LogP contribution is 2.08. The predicted octanol–water partition coefficient (Wildman–Crippen LogP) is 2.53. The molecule has 2 rings (SSSR count). The molecule has 0 atom stereocenters. The Morgan fingerprint density at radius 2 is 2.05 bits per heavy atom. The van der Waals surface area contributed by atoms with Crippen LogP contribution in [0.2, 0.25) is 0 Å². The molecule has 2 aromatic rings. The molecule has 0 aliphatic carbocycles. The number of esters is 1. The minimum atomic E-state index is -0.475. The molecule has 0 saturated carbocycles. The molecule has 5 heteroatoms. The number of hydrogen-bond donors (Lipinski definition) is 1. The number of amides is 1. The van der Waals surface area contributed by atoms with E-state index >= 15 is 0 Å². The van der Waals surface area contributed by atoms with E-state index in [-0.39, 0.29) is 12.5 Å². The maximum Gasteiger partial charge on any atom is 0.339 e. The van der Waals surface area contributed by atoms with Crippen molar-refractivity contribution in [3.8, 4) is 0 Å². The van der Waals surface area contributed by atoms with Crippen molar-refractivity contribution in [2.45, 2.75) is 13.5 Å². The van der Waals surface area contributed by atoms with Gasteiger partial charge in [0, 0.05) is 11.9 Å². The molecule has 1 N–H and O–H groups in total. The van der Waals surface area contributed by atoms with Crippen LogP contribution in [0.1, 0.15) is 21.5 Å². The maximum absolute atomic E-state index is 11.6. The molecule has 4 nitrogen and oxygen atoms in total. The molecule has 0 fully saturated rings. The van der Waals surface area contributed by atoms with Crippen molar-refractivity contribution in [2.24, 2.45) is 0 Å². The van der Waals surface area contributed by atoms with Crippen LogP contribution < -0.4 is 5.32 Å². The van der Waals surface area contributed by atoms with Crippen molar-refractivity contribution in [1.29, 1.82) is 0 Å². The molecule has 0 saturated heterocycles. The smallest absolute Gasteiger partial charge is 0.339 e. The maximum atomic E-state index is 11.6. The van der Waals surface area contributed by atoms with Crippen LogP contribution in [-0.4, -0.2) is 18.5 Å². The molecule has 0 spiro atoms. The van der Waals surface area contributed by atoms with Gasteiger partial charge in [-0.05, 0) is 29.5 Å². The number of benzene rings is 1. The van der Waals surface area contributed by atoms with Crippen molar-refractivity contribution < 1.29 is 14.3 Å². The van der Waals surface area contributed by atoms with Crippen molar-refractivity contribution in [1.82, 2.24) is 5.32 Å². The summed E-state index contributed by atoms with van der Waals surface area (Å²) >= 11 is 1.41. The van der Waals surface area contributed by atoms with Crippen LogP contribution in [0.3, 0.4) is 0 Å². The van der Waals surface area contributed by atoms with Gasteiger partial charge < -0.3 is 10.1 Å². The van der Waals surface area contributed by atoms with Gasteiger partial charge in [0.1, 0.15) is 0 Å². The lowest BCUT2D eigenvalue weighted by molar-refractivity contribution is -0.124. The zero-order valence-corrected chi connectivity index (χ0v) is 11.9. The number of aryl methyl sites for hydroxylation is 1. The number of hydrogen-bond acceptors (Lipinski definition) is 4. The monoisotopic (exact) mass is 289 g/mol. The van der Waals surface area contributed by atoms with Gasteiger partial charge >= 0.3 is 5.97 Å². The Morgan fingerprint density at radius 1 is 1.25 bits per heavy atom. The average Bonchev–Trinajstić information content (AvgIpc) is 2.98. The summed E-state index contributed by atoms with van der Waals surface area (Å²) in [6.07, 6.45) is 0. The van der Waals surface area contributed by atoms with Gasteiger partial charge in [-0.2, -0.15) is 11.3 Å². The molecule has 1 aromatic carbocycles. The van der Waals surface area contributed by atoms with Crippen molar-refractivity contribution >= 4 is 23.2 Å². The van der Waals surface area contributed by atoms with E-state index in [1.807, 2.05) is 31.2 Å². The third-order valence-electron chi connectivity index (χ3n) is 2.83. The second-order valence-electron chi connectivity index (χ2n) is 4.29. The highest BCUT2D eigenvalue weighted by molar-refractivity contribution is 7.08. The Labute approximate surface area is 121 Å². The zero-order chi connectivity index (χ0) is 14.4. The molecule has 0 aliphatic rings. The summed E-state index contributed by atoms with van der Waals surface area (Å²) in [5, 5.41) is 6.20. The van der Waals surface area contributed by atoms with Crippen LogP contribution in [0.4, 0.5) is 0 Å². The second kappa shape index (κ2) is 6.86. The summed E-state index contributed by atoms with van der Waals surface area (Å²) in [6, 6.07) is 9.47. The number of thiophene rings is 1. The fraction of sp³-hybridized carbons (Fsp3) is 0.200. The number of carbonyl (C=O) groups is 2. The highest BCUT2D eigenvalue weighted by Gasteiger charge is 2.10. The summed E-state index contributed by atoms with van der Waals surface area (Å²) in [6.45, 7) is 2.15. The first-order chi connectivity index (χ1) is 9.66. The van der Waals surface area contributed by atoms with Crippen LogP contribution in [-0.2, 0) is 16.1 Å². The first-order valence-corrected chi connectivity index (χ1v) is 7.11. The lowest BCUT2D eigenvalue weighted by Gasteiger charge is -2.08. The standard InChI is InChI=1S/C15H15NO3S/c1-11-4-2-3-5-12(11)8-16-14(17)9-19-15(18)13-6-7-20-10-13/h2-7,10H,8-9H2,1H3,(H,16,17). The molecule has 1 amide bonds. The topological polar surface area (TPSA) is 55.4 Å². The molecule has 104 valence electrons. The van der Waals surface area contributed by atoms with E-state index in [1.54, 1.807) is 16.8 Å². The fourth-order valence-corrected chi connectivity index (χ4v) is 2.27. The molecular weight excluding hydrogens is 274 g/mol. The summed E-state index contributed by atoms with van der Waals surface area (Å²) in [5.74, 6) is -0.783. The Kier molecular flexibility index (Phi) is 4.90. The van der Waals surface area contributed by atoms with Crippen LogP contribution in [0.5, 0.6) is 0 Å². The van der Waals surface area contributed by atoms with Gasteiger partial charge in [0.2, 0.25) is 0 Å². The molecule has 1 heterocycles. The van der Waals surface area contributed by atoms with Gasteiger partial charge in [-0.3, -0.25) is 4.79 Å². The largest absolute Gasteiger partial charge is 0.452 e. The van der Waals surface area contributed by atoms with Gasteiger partial charge in [-0.25, -0.2) is 4.79 Å². The summed E-state index contributed by atoms with van der Waals surface area (Å²) in [5.41, 5.74) is 2.63. The van der Waals surface area contributed by atoms with Crippen molar-refractivity contribution in [3.63, 3.8) is 0 Å². The first-order valence-electron chi connectivity index (χ1n) is 6.17. The van der Waals surface area contributed by atoms with E-state index < -0.39 is 5.97 Å². The fourth-order valence-electron chi connectivity index (χ4n) is 1.65. The quantitative estimate of drug-likeness (QED) is 0.861. The number of ether oxygens (including phenoxy) is 1. The third kappa shape index (κ3) is 3.93. The summed E-state index contributed by atoms with van der Waals surface area (Å²) in [4.78, 5) is 23.2. The summed E-state index contributed by atoms with van der Waals surface area (Å²) in [7, 11) is 0. The first kappa shape index (κ1) is 14.3. The Morgan fingerprint density at radius 3 is 2.75 bits per heavy atom. The molecule has 0 unspecified atom stereocenters. The Bertz CT molecular complexity index is 593. The van der Waals surface area contributed by atoms with E-state index in [0.29, 0.717) is 12.1 Å². The van der Waals surface area contributed by atoms with Gasteiger partial charge in [0.05, 0.1) is 5.56 Å². The van der Waals surface area contributed by atoms with Crippen LogP contribution >= 0.6 is 11.3 Å². The van der Waals surface area contributed by atoms with E-state index in [0.717, 1.165) is 11.1 Å². The lowest BCUT2D eigenvalue weighted by atomic mass is 10.1. The Balaban J connectivity index is 1.76. The van der Waals surface area contributed by atoms with Crippen LogP contribution in [0.25, 0.3) is 0 Å². The van der Waals surface area contributed by atoms with Gasteiger partial charge in [0.25, 0.3) is 5.91 Å². The normalized spacial score (nSPS) is 10.1. The van der Waals surface area contributed by atoms with Crippen molar-refractivity contribution in [2.75, 3.05) is 6.61 Å². The minimum absolute atomic E-state index is 0.263. The van der Waals surface area contributed by atoms with Gasteiger partial charge in [-0.15, -0.1) is 0 Å². The molecule has 0 radical (unpaired) electrons. The van der Waals surface area contributed by atoms with E-state index in [2.05, 4.69) is 5.32 Å². The molecule has 0 aliphatic heterocycles. The van der Waals surface area contributed by atoms with E-state index in [1.165, 1.54) is 11.3 Å². The van der Waals surface area contributed by atoms with Gasteiger partial charge in [-0.1, -0.05) is 24.3 Å². The SMILES string of the molecule is Cc1ccccc1CNC(=O)COC(=O)c1ccsc1. The Hall–Kier alpha value is -2.14. The number of rotatable bonds is 5. The molecule has 0 bridgehead atoms. The summed E-state index contributed by atoms with van der Waals surface area (Å²) < 4.78 is 4.92. The van der Waals surface area contributed by atoms with Crippen LogP contribution in [0, 0.1) is 6.92 Å². The minimum Gasteiger partial charge on any atom is -0.452 e. The highest BCUT2D eigenvalue weighted by atomic mass is 32.1. The zero-order valence-electron chi connectivity index (χ0n) is 11.1.